The van der Waals surface area contributed by atoms with E-state index < -0.39 is 74.1 Å². The quantitative estimate of drug-likeness (QED) is 0.0371. The van der Waals surface area contributed by atoms with E-state index in [1.807, 2.05) is 133 Å². The standard InChI is InChI=1S/C68H51BF6O5P2/c70-67(71,72)54-45-55(68(73,74)75)47-56(46-54)78-69(79-81(57-33-11-3-12-34-57,58-35-13-4-14-36-58,48-63(76)52-27-7-1-8-28-52)65-43-23-31-50-25-19-21-41-61(50)65)80-82(59-37-15-5-16-38-59,60-39-17-6-18-40-60,49-64(77)53-29-9-2-10-30-53)66-44-24-32-51-26-20-22-42-62(51)66/h1-47H,48-49H2. The van der Waals surface area contributed by atoms with E-state index in [2.05, 4.69) is 0 Å². The fraction of sp³-hybridized carbons (Fsp3) is 0.0588. The van der Waals surface area contributed by atoms with Gasteiger partial charge in [0.2, 0.25) is 0 Å². The van der Waals surface area contributed by atoms with Gasteiger partial charge in [-0.1, -0.05) is 0 Å². The number of carbonyl (C=O) groups is 2. The van der Waals surface area contributed by atoms with Crippen molar-refractivity contribution in [2.24, 2.45) is 0 Å². The Morgan fingerprint density at radius 1 is 0.354 bits per heavy atom. The van der Waals surface area contributed by atoms with E-state index in [1.54, 1.807) is 133 Å². The van der Waals surface area contributed by atoms with Crippen LogP contribution >= 0.6 is 13.7 Å². The monoisotopic (exact) mass is 1130 g/mol. The van der Waals surface area contributed by atoms with Crippen LogP contribution in [0.3, 0.4) is 0 Å². The Morgan fingerprint density at radius 2 is 0.646 bits per heavy atom. The molecule has 11 aromatic carbocycles. The molecule has 408 valence electrons. The summed E-state index contributed by atoms with van der Waals surface area (Å²) in [5.74, 6) is -1.77. The SMILES string of the molecule is O=C(CP(OB(Oc1cc(C(F)(F)F)cc(C(F)(F)F)c1)OP(CC(=O)c1ccccc1)(c1ccccc1)(c1ccccc1)c1cccc2ccccc12)(c1ccccc1)(c1ccccc1)c1cccc2ccccc12)c1ccccc1. The van der Waals surface area contributed by atoms with E-state index in [1.165, 1.54) is 0 Å². The number of rotatable bonds is 18. The second kappa shape index (κ2) is 22.1. The van der Waals surface area contributed by atoms with Gasteiger partial charge in [-0.25, -0.2) is 0 Å². The van der Waals surface area contributed by atoms with E-state index in [-0.39, 0.29) is 17.2 Å². The molecule has 0 aliphatic rings. The van der Waals surface area contributed by atoms with Crippen LogP contribution in [0.4, 0.5) is 26.3 Å². The van der Waals surface area contributed by atoms with Crippen molar-refractivity contribution in [3.05, 3.63) is 307 Å². The number of ketones is 2. The van der Waals surface area contributed by atoms with E-state index >= 15 is 35.9 Å². The van der Waals surface area contributed by atoms with Gasteiger partial charge in [0, 0.05) is 0 Å². The fourth-order valence-electron chi connectivity index (χ4n) is 11.6. The van der Waals surface area contributed by atoms with Crippen LogP contribution in [-0.2, 0) is 21.2 Å². The van der Waals surface area contributed by atoms with Crippen LogP contribution < -0.4 is 36.5 Å². The van der Waals surface area contributed by atoms with Crippen LogP contribution in [-0.4, -0.2) is 31.2 Å². The molecule has 0 aromatic heterocycles. The predicted octanol–water partition coefficient (Wildman–Crippen LogP) is 15.1. The summed E-state index contributed by atoms with van der Waals surface area (Å²) in [4.78, 5) is 32.0. The molecule has 0 N–H and O–H groups in total. The molecule has 82 heavy (non-hydrogen) atoms. The zero-order valence-corrected chi connectivity index (χ0v) is 45.6. The maximum atomic E-state index is 16.0. The number of benzene rings is 11. The number of hydrogen-bond acceptors (Lipinski definition) is 5. The molecule has 0 radical (unpaired) electrons. The van der Waals surface area contributed by atoms with Gasteiger partial charge < -0.3 is 0 Å². The van der Waals surface area contributed by atoms with Gasteiger partial charge in [-0.05, 0) is 0 Å². The number of fused-ring (bicyclic) bond motifs is 2. The van der Waals surface area contributed by atoms with Gasteiger partial charge in [0.25, 0.3) is 0 Å². The number of carbonyl (C=O) groups excluding carboxylic acids is 2. The van der Waals surface area contributed by atoms with Crippen molar-refractivity contribution in [1.29, 1.82) is 0 Å². The Bertz CT molecular complexity index is 3730. The molecule has 0 aliphatic carbocycles. The minimum atomic E-state index is -5.48. The normalized spacial score (nSPS) is 13.1. The molecule has 11 rings (SSSR count). The minimum absolute atomic E-state index is 0.0226. The molecule has 0 spiro atoms. The summed E-state index contributed by atoms with van der Waals surface area (Å²) in [6, 6.07) is 80.1. The molecule has 0 aliphatic heterocycles. The molecule has 0 fully saturated rings. The summed E-state index contributed by atoms with van der Waals surface area (Å²) in [6.45, 7) is -11.0. The van der Waals surface area contributed by atoms with Crippen molar-refractivity contribution in [3.63, 3.8) is 0 Å². The van der Waals surface area contributed by atoms with Gasteiger partial charge in [0.15, 0.2) is 0 Å². The predicted molar refractivity (Wildman–Crippen MR) is 322 cm³/mol. The average molecular weight is 1130 g/mol. The van der Waals surface area contributed by atoms with Crippen LogP contribution in [0.2, 0.25) is 0 Å². The van der Waals surface area contributed by atoms with Gasteiger partial charge >= 0.3 is 473 Å². The third kappa shape index (κ3) is 9.90. The first-order valence-corrected chi connectivity index (χ1v) is 31.0. The second-order valence-corrected chi connectivity index (χ2v) is 29.0. The zero-order valence-electron chi connectivity index (χ0n) is 43.8. The molecular formula is C68H51BF6O5P2. The van der Waals surface area contributed by atoms with E-state index in [0.29, 0.717) is 54.7 Å². The van der Waals surface area contributed by atoms with Crippen LogP contribution in [0.25, 0.3) is 21.5 Å². The number of Topliss-reactive ketones (excluding diaryl/α,β-unsaturated/α-hetero) is 2. The van der Waals surface area contributed by atoms with Crippen molar-refractivity contribution in [2.75, 3.05) is 12.3 Å². The second-order valence-electron chi connectivity index (χ2n) is 20.0. The van der Waals surface area contributed by atoms with Crippen LogP contribution in [0.5, 0.6) is 5.75 Å². The molecule has 0 amide bonds. The van der Waals surface area contributed by atoms with E-state index in [4.69, 9.17) is 13.5 Å². The first-order chi connectivity index (χ1) is 39.6. The average Bonchev–Trinajstić information content (AvgIpc) is 1.17. The molecule has 5 nitrogen and oxygen atoms in total. The molecule has 0 saturated heterocycles. The molecule has 0 saturated carbocycles. The van der Waals surface area contributed by atoms with Crippen molar-refractivity contribution >= 4 is 85.9 Å². The summed E-state index contributed by atoms with van der Waals surface area (Å²) in [6.07, 6.45) is -11.6. The van der Waals surface area contributed by atoms with Gasteiger partial charge in [-0.15, -0.1) is 0 Å². The fourth-order valence-corrected chi connectivity index (χ4v) is 23.1. The Morgan fingerprint density at radius 3 is 0.976 bits per heavy atom. The number of alkyl halides is 6. The van der Waals surface area contributed by atoms with Crippen molar-refractivity contribution in [3.8, 4) is 5.75 Å². The number of hydrogen-bond donors (Lipinski definition) is 0. The Kier molecular flexibility index (Phi) is 14.9. The summed E-state index contributed by atoms with van der Waals surface area (Å²) in [5.41, 5.74) is -2.75. The van der Waals surface area contributed by atoms with Crippen LogP contribution in [0.15, 0.2) is 285 Å². The summed E-state index contributed by atoms with van der Waals surface area (Å²) < 4.78 is 115. The van der Waals surface area contributed by atoms with Gasteiger partial charge in [-0.3, -0.25) is 0 Å². The summed E-state index contributed by atoms with van der Waals surface area (Å²) in [7, 11) is -2.43. The molecule has 14 heteroatoms. The Hall–Kier alpha value is -8.50. The van der Waals surface area contributed by atoms with Gasteiger partial charge in [-0.2, -0.15) is 0 Å². The molecule has 0 unspecified atom stereocenters. The van der Waals surface area contributed by atoms with Gasteiger partial charge in [0.05, 0.1) is 0 Å². The number of halogens is 6. The molecule has 11 aromatic rings. The Labute approximate surface area is 471 Å². The van der Waals surface area contributed by atoms with Crippen molar-refractivity contribution < 1.29 is 49.5 Å². The van der Waals surface area contributed by atoms with Crippen molar-refractivity contribution in [2.45, 2.75) is 12.4 Å². The third-order valence-corrected chi connectivity index (χ3v) is 26.7. The molecule has 0 heterocycles. The summed E-state index contributed by atoms with van der Waals surface area (Å²) in [5, 5.41) is 5.34. The zero-order chi connectivity index (χ0) is 57.1. The molecular weight excluding hydrogens is 1080 g/mol. The summed E-state index contributed by atoms with van der Waals surface area (Å²) >= 11 is 0. The molecule has 0 atom stereocenters. The van der Waals surface area contributed by atoms with Crippen LogP contribution in [0.1, 0.15) is 31.8 Å². The third-order valence-electron chi connectivity index (χ3n) is 15.3. The van der Waals surface area contributed by atoms with Gasteiger partial charge in [0.1, 0.15) is 0 Å². The van der Waals surface area contributed by atoms with Crippen molar-refractivity contribution in [1.82, 2.24) is 0 Å². The first kappa shape index (κ1) is 55.4. The van der Waals surface area contributed by atoms with E-state index in [9.17, 15) is 0 Å². The molecule has 0 bridgehead atoms. The Balaban J connectivity index is 1.36. The van der Waals surface area contributed by atoms with Crippen LogP contribution in [0, 0.1) is 0 Å². The first-order valence-electron chi connectivity index (χ1n) is 26.3. The maximum absolute atomic E-state index is 16.0. The topological polar surface area (TPSA) is 61.8 Å². The van der Waals surface area contributed by atoms with E-state index in [0.717, 1.165) is 10.8 Å².